The quantitative estimate of drug-likeness (QED) is 0.895. The van der Waals surface area contributed by atoms with Crippen LogP contribution in [0.1, 0.15) is 11.3 Å². The summed E-state index contributed by atoms with van der Waals surface area (Å²) in [7, 11) is 0. The summed E-state index contributed by atoms with van der Waals surface area (Å²) in [4.78, 5) is 3.81. The van der Waals surface area contributed by atoms with Crippen molar-refractivity contribution in [2.45, 2.75) is 6.18 Å². The molecule has 0 spiro atoms. The molecule has 0 unspecified atom stereocenters. The highest BCUT2D eigenvalue weighted by molar-refractivity contribution is 6.33. The van der Waals surface area contributed by atoms with Crippen molar-refractivity contribution < 1.29 is 13.2 Å². The second-order valence-electron chi connectivity index (χ2n) is 3.83. The molecular weight excluding hydrogens is 291 g/mol. The summed E-state index contributed by atoms with van der Waals surface area (Å²) in [5, 5.41) is 11.7. The van der Waals surface area contributed by atoms with Crippen LogP contribution in [-0.4, -0.2) is 4.98 Å². The molecule has 0 atom stereocenters. The van der Waals surface area contributed by atoms with Gasteiger partial charge in [-0.25, -0.2) is 4.98 Å². The van der Waals surface area contributed by atoms with E-state index in [-0.39, 0.29) is 22.1 Å². The van der Waals surface area contributed by atoms with Gasteiger partial charge in [0.1, 0.15) is 6.07 Å². The van der Waals surface area contributed by atoms with Gasteiger partial charge in [0.25, 0.3) is 0 Å². The lowest BCUT2D eigenvalue weighted by Gasteiger charge is -2.12. The minimum absolute atomic E-state index is 0.0611. The third kappa shape index (κ3) is 3.00. The highest BCUT2D eigenvalue weighted by Gasteiger charge is 2.31. The standard InChI is InChI=1S/C13H7ClF3N3/c14-9-4-3-8(13(15,16)17)6-11(9)20-10-2-1-5-19-12(10)7-18/h1-6,20H. The number of hydrogen-bond acceptors (Lipinski definition) is 3. The number of halogens is 4. The van der Waals surface area contributed by atoms with E-state index in [4.69, 9.17) is 16.9 Å². The van der Waals surface area contributed by atoms with Crippen molar-refractivity contribution in [1.82, 2.24) is 4.98 Å². The van der Waals surface area contributed by atoms with Gasteiger partial charge in [-0.3, -0.25) is 0 Å². The summed E-state index contributed by atoms with van der Waals surface area (Å²) in [6.07, 6.45) is -3.05. The number of pyridine rings is 1. The molecule has 0 fully saturated rings. The van der Waals surface area contributed by atoms with Crippen molar-refractivity contribution in [3.63, 3.8) is 0 Å². The van der Waals surface area contributed by atoms with E-state index in [2.05, 4.69) is 10.3 Å². The van der Waals surface area contributed by atoms with Crippen LogP contribution in [0.25, 0.3) is 0 Å². The maximum Gasteiger partial charge on any atom is 0.416 e. The molecule has 1 N–H and O–H groups in total. The second-order valence-corrected chi connectivity index (χ2v) is 4.24. The first-order chi connectivity index (χ1) is 9.41. The average molecular weight is 298 g/mol. The zero-order valence-electron chi connectivity index (χ0n) is 9.87. The van der Waals surface area contributed by atoms with Crippen LogP contribution in [0.15, 0.2) is 36.5 Å². The average Bonchev–Trinajstić information content (AvgIpc) is 2.40. The Labute approximate surface area is 117 Å². The monoisotopic (exact) mass is 297 g/mol. The molecule has 1 heterocycles. The van der Waals surface area contributed by atoms with Crippen molar-refractivity contribution in [3.8, 4) is 6.07 Å². The number of nitrogens with zero attached hydrogens (tertiary/aromatic N) is 2. The number of rotatable bonds is 2. The molecule has 7 heteroatoms. The number of alkyl halides is 3. The van der Waals surface area contributed by atoms with Gasteiger partial charge in [0.15, 0.2) is 5.69 Å². The summed E-state index contributed by atoms with van der Waals surface area (Å²) in [5.74, 6) is 0. The van der Waals surface area contributed by atoms with Crippen molar-refractivity contribution >= 4 is 23.0 Å². The Balaban J connectivity index is 2.41. The van der Waals surface area contributed by atoms with E-state index in [9.17, 15) is 13.2 Å². The number of benzene rings is 1. The van der Waals surface area contributed by atoms with Crippen LogP contribution in [0.2, 0.25) is 5.02 Å². The van der Waals surface area contributed by atoms with Crippen molar-refractivity contribution in [3.05, 3.63) is 52.8 Å². The summed E-state index contributed by atoms with van der Waals surface area (Å²) in [5.41, 5.74) is -0.407. The van der Waals surface area contributed by atoms with Gasteiger partial charge >= 0.3 is 6.18 Å². The van der Waals surface area contributed by atoms with Crippen molar-refractivity contribution in [2.24, 2.45) is 0 Å². The summed E-state index contributed by atoms with van der Waals surface area (Å²) >= 11 is 5.86. The molecule has 0 saturated heterocycles. The Kier molecular flexibility index (Phi) is 3.81. The van der Waals surface area contributed by atoms with Gasteiger partial charge in [-0.2, -0.15) is 18.4 Å². The Morgan fingerprint density at radius 3 is 2.60 bits per heavy atom. The molecule has 0 aliphatic rings. The summed E-state index contributed by atoms with van der Waals surface area (Å²) < 4.78 is 37.9. The zero-order valence-corrected chi connectivity index (χ0v) is 10.6. The third-order valence-corrected chi connectivity index (χ3v) is 2.81. The van der Waals surface area contributed by atoms with E-state index in [1.54, 1.807) is 6.07 Å². The molecule has 0 bridgehead atoms. The van der Waals surface area contributed by atoms with Crippen molar-refractivity contribution in [1.29, 1.82) is 5.26 Å². The molecule has 2 aromatic rings. The van der Waals surface area contributed by atoms with Gasteiger partial charge in [0, 0.05) is 6.20 Å². The Morgan fingerprint density at radius 1 is 1.20 bits per heavy atom. The lowest BCUT2D eigenvalue weighted by molar-refractivity contribution is -0.137. The molecule has 2 rings (SSSR count). The normalized spacial score (nSPS) is 10.9. The zero-order chi connectivity index (χ0) is 14.8. The first kappa shape index (κ1) is 14.2. The van der Waals surface area contributed by atoms with Crippen molar-refractivity contribution in [2.75, 3.05) is 5.32 Å². The minimum Gasteiger partial charge on any atom is -0.352 e. The van der Waals surface area contributed by atoms with Gasteiger partial charge in [-0.1, -0.05) is 11.6 Å². The van der Waals surface area contributed by atoms with E-state index >= 15 is 0 Å². The first-order valence-electron chi connectivity index (χ1n) is 5.40. The van der Waals surface area contributed by atoms with Gasteiger partial charge in [0.2, 0.25) is 0 Å². The van der Waals surface area contributed by atoms with E-state index in [0.29, 0.717) is 0 Å². The number of aromatic nitrogens is 1. The molecule has 1 aromatic heterocycles. The summed E-state index contributed by atoms with van der Waals surface area (Å²) in [6, 6.07) is 7.86. The Hall–Kier alpha value is -2.26. The molecule has 1 aromatic carbocycles. The Bertz CT molecular complexity index is 677. The number of nitriles is 1. The first-order valence-corrected chi connectivity index (χ1v) is 5.78. The number of hydrogen-bond donors (Lipinski definition) is 1. The fourth-order valence-electron chi connectivity index (χ4n) is 1.54. The maximum absolute atomic E-state index is 12.6. The van der Waals surface area contributed by atoms with Crippen LogP contribution in [0.4, 0.5) is 24.5 Å². The van der Waals surface area contributed by atoms with Gasteiger partial charge < -0.3 is 5.32 Å². The largest absolute Gasteiger partial charge is 0.416 e. The predicted octanol–water partition coefficient (Wildman–Crippen LogP) is 4.37. The molecule has 0 amide bonds. The maximum atomic E-state index is 12.6. The molecule has 3 nitrogen and oxygen atoms in total. The van der Waals surface area contributed by atoms with E-state index < -0.39 is 11.7 Å². The van der Waals surface area contributed by atoms with Gasteiger partial charge in [-0.05, 0) is 30.3 Å². The topological polar surface area (TPSA) is 48.7 Å². The minimum atomic E-state index is -4.46. The molecule has 0 aliphatic carbocycles. The third-order valence-electron chi connectivity index (χ3n) is 2.48. The molecule has 0 aliphatic heterocycles. The highest BCUT2D eigenvalue weighted by Crippen LogP contribution is 2.35. The van der Waals surface area contributed by atoms with Crippen LogP contribution < -0.4 is 5.32 Å². The van der Waals surface area contributed by atoms with Crippen LogP contribution in [-0.2, 0) is 6.18 Å². The number of nitrogens with one attached hydrogen (secondary N) is 1. The molecule has 0 saturated carbocycles. The number of anilines is 2. The van der Waals surface area contributed by atoms with Gasteiger partial charge in [0.05, 0.1) is 22.0 Å². The molecule has 0 radical (unpaired) electrons. The van der Waals surface area contributed by atoms with E-state index in [1.807, 2.05) is 6.07 Å². The highest BCUT2D eigenvalue weighted by atomic mass is 35.5. The van der Waals surface area contributed by atoms with Crippen LogP contribution in [0.5, 0.6) is 0 Å². The Morgan fingerprint density at radius 2 is 1.95 bits per heavy atom. The lowest BCUT2D eigenvalue weighted by atomic mass is 10.2. The summed E-state index contributed by atoms with van der Waals surface area (Å²) in [6.45, 7) is 0. The lowest BCUT2D eigenvalue weighted by Crippen LogP contribution is -2.06. The van der Waals surface area contributed by atoms with Crippen LogP contribution in [0.3, 0.4) is 0 Å². The fraction of sp³-hybridized carbons (Fsp3) is 0.0769. The molecule has 20 heavy (non-hydrogen) atoms. The predicted molar refractivity (Wildman–Crippen MR) is 68.7 cm³/mol. The fourth-order valence-corrected chi connectivity index (χ4v) is 1.70. The molecular formula is C13H7ClF3N3. The smallest absolute Gasteiger partial charge is 0.352 e. The SMILES string of the molecule is N#Cc1ncccc1Nc1cc(C(F)(F)F)ccc1Cl. The second kappa shape index (κ2) is 5.39. The molecule has 102 valence electrons. The van der Waals surface area contributed by atoms with Gasteiger partial charge in [-0.15, -0.1) is 0 Å². The van der Waals surface area contributed by atoms with Crippen LogP contribution >= 0.6 is 11.6 Å². The van der Waals surface area contributed by atoms with E-state index in [0.717, 1.165) is 18.2 Å². The van der Waals surface area contributed by atoms with Crippen LogP contribution in [0, 0.1) is 11.3 Å². The van der Waals surface area contributed by atoms with E-state index in [1.165, 1.54) is 12.3 Å².